The lowest BCUT2D eigenvalue weighted by Gasteiger charge is -2.11. The summed E-state index contributed by atoms with van der Waals surface area (Å²) < 4.78 is 49.4. The number of amides is 1. The molecule has 0 saturated heterocycles. The molecule has 0 saturated carbocycles. The molecule has 0 bridgehead atoms. The van der Waals surface area contributed by atoms with Crippen molar-refractivity contribution in [3.8, 4) is 0 Å². The molecule has 4 N–H and O–H groups in total. The van der Waals surface area contributed by atoms with Crippen LogP contribution in [0.1, 0.15) is 18.4 Å². The normalized spacial score (nSPS) is 12.3. The quantitative estimate of drug-likeness (QED) is 0.261. The van der Waals surface area contributed by atoms with E-state index in [-0.39, 0.29) is 5.69 Å². The number of nitrogens with zero attached hydrogens (tertiary/aromatic N) is 1. The van der Waals surface area contributed by atoms with Gasteiger partial charge in [0.15, 0.2) is 5.84 Å². The minimum absolute atomic E-state index is 0.174. The van der Waals surface area contributed by atoms with Crippen LogP contribution in [0, 0.1) is 5.82 Å². The second-order valence-corrected chi connectivity index (χ2v) is 3.81. The number of hydrogen-bond donors (Lipinski definition) is 3. The summed E-state index contributed by atoms with van der Waals surface area (Å²) >= 11 is 0. The molecule has 0 radical (unpaired) electrons. The molecule has 0 fully saturated rings. The van der Waals surface area contributed by atoms with Gasteiger partial charge < -0.3 is 16.3 Å². The first-order valence-corrected chi connectivity index (χ1v) is 5.37. The van der Waals surface area contributed by atoms with Crippen LogP contribution in [0.5, 0.6) is 0 Å². The molecule has 0 unspecified atom stereocenters. The average Bonchev–Trinajstić information content (AvgIpc) is 2.35. The number of alkyl halides is 3. The third-order valence-corrected chi connectivity index (χ3v) is 2.29. The maximum absolute atomic E-state index is 13.5. The van der Waals surface area contributed by atoms with Crippen LogP contribution in [0.3, 0.4) is 0 Å². The van der Waals surface area contributed by atoms with Crippen molar-refractivity contribution >= 4 is 17.4 Å². The number of halogens is 4. The van der Waals surface area contributed by atoms with Gasteiger partial charge in [0.25, 0.3) is 0 Å². The molecular weight excluding hydrogens is 282 g/mol. The van der Waals surface area contributed by atoms with E-state index in [9.17, 15) is 22.4 Å². The van der Waals surface area contributed by atoms with Crippen molar-refractivity contribution in [3.63, 3.8) is 0 Å². The maximum atomic E-state index is 13.5. The SMILES string of the molecule is NC(=NO)c1c(F)cccc1NC(=O)CCC(F)(F)F. The van der Waals surface area contributed by atoms with Crippen LogP contribution >= 0.6 is 0 Å². The Morgan fingerprint density at radius 3 is 2.60 bits per heavy atom. The van der Waals surface area contributed by atoms with Gasteiger partial charge in [0.1, 0.15) is 5.82 Å². The van der Waals surface area contributed by atoms with E-state index in [4.69, 9.17) is 10.9 Å². The summed E-state index contributed by atoms with van der Waals surface area (Å²) in [5.74, 6) is -2.44. The number of benzene rings is 1. The van der Waals surface area contributed by atoms with Crippen molar-refractivity contribution in [2.75, 3.05) is 5.32 Å². The van der Waals surface area contributed by atoms with E-state index in [0.717, 1.165) is 6.07 Å². The van der Waals surface area contributed by atoms with Crippen molar-refractivity contribution in [2.24, 2.45) is 10.9 Å². The maximum Gasteiger partial charge on any atom is 0.389 e. The van der Waals surface area contributed by atoms with E-state index in [1.165, 1.54) is 12.1 Å². The second-order valence-electron chi connectivity index (χ2n) is 3.81. The Balaban J connectivity index is 2.88. The molecular formula is C11H11F4N3O2. The van der Waals surface area contributed by atoms with Gasteiger partial charge in [-0.15, -0.1) is 0 Å². The first-order valence-electron chi connectivity index (χ1n) is 5.37. The van der Waals surface area contributed by atoms with Gasteiger partial charge in [-0.2, -0.15) is 13.2 Å². The molecule has 0 aliphatic carbocycles. The van der Waals surface area contributed by atoms with Crippen LogP contribution in [0.2, 0.25) is 0 Å². The molecule has 5 nitrogen and oxygen atoms in total. The highest BCUT2D eigenvalue weighted by Crippen LogP contribution is 2.23. The van der Waals surface area contributed by atoms with Gasteiger partial charge in [-0.1, -0.05) is 11.2 Å². The molecule has 0 spiro atoms. The molecule has 0 heterocycles. The Bertz CT molecular complexity index is 529. The highest BCUT2D eigenvalue weighted by Gasteiger charge is 2.28. The van der Waals surface area contributed by atoms with Crippen molar-refractivity contribution in [2.45, 2.75) is 19.0 Å². The van der Waals surface area contributed by atoms with Gasteiger partial charge in [0, 0.05) is 6.42 Å². The summed E-state index contributed by atoms with van der Waals surface area (Å²) in [7, 11) is 0. The van der Waals surface area contributed by atoms with Crippen molar-refractivity contribution in [3.05, 3.63) is 29.6 Å². The number of rotatable bonds is 4. The summed E-state index contributed by atoms with van der Waals surface area (Å²) in [6.45, 7) is 0. The molecule has 1 aromatic carbocycles. The minimum Gasteiger partial charge on any atom is -0.409 e. The average molecular weight is 293 g/mol. The van der Waals surface area contributed by atoms with Gasteiger partial charge in [-0.25, -0.2) is 4.39 Å². The number of anilines is 1. The summed E-state index contributed by atoms with van der Waals surface area (Å²) in [4.78, 5) is 11.4. The van der Waals surface area contributed by atoms with Gasteiger partial charge in [-0.3, -0.25) is 4.79 Å². The van der Waals surface area contributed by atoms with E-state index >= 15 is 0 Å². The molecule has 1 amide bonds. The molecule has 0 aromatic heterocycles. The van der Waals surface area contributed by atoms with Gasteiger partial charge >= 0.3 is 6.18 Å². The smallest absolute Gasteiger partial charge is 0.389 e. The highest BCUT2D eigenvalue weighted by molar-refractivity contribution is 6.05. The zero-order valence-electron chi connectivity index (χ0n) is 10.0. The number of nitrogens with one attached hydrogen (secondary N) is 1. The number of carbonyl (C=O) groups is 1. The molecule has 9 heteroatoms. The number of hydrogen-bond acceptors (Lipinski definition) is 3. The molecule has 0 aliphatic heterocycles. The monoisotopic (exact) mass is 293 g/mol. The fourth-order valence-corrected chi connectivity index (χ4v) is 1.41. The van der Waals surface area contributed by atoms with Crippen LogP contribution in [0.4, 0.5) is 23.2 Å². The predicted molar refractivity (Wildman–Crippen MR) is 62.8 cm³/mol. The topological polar surface area (TPSA) is 87.7 Å². The fourth-order valence-electron chi connectivity index (χ4n) is 1.41. The number of nitrogens with two attached hydrogens (primary N) is 1. The molecule has 0 atom stereocenters. The van der Waals surface area contributed by atoms with E-state index in [2.05, 4.69) is 10.5 Å². The molecule has 0 aliphatic rings. The molecule has 20 heavy (non-hydrogen) atoms. The van der Waals surface area contributed by atoms with Crippen LogP contribution in [0.15, 0.2) is 23.4 Å². The van der Waals surface area contributed by atoms with Crippen LogP contribution in [-0.2, 0) is 4.79 Å². The molecule has 1 rings (SSSR count). The first kappa shape index (κ1) is 15.7. The Hall–Kier alpha value is -2.32. The minimum atomic E-state index is -4.46. The van der Waals surface area contributed by atoms with Crippen LogP contribution in [0.25, 0.3) is 0 Å². The Kier molecular flexibility index (Phi) is 4.89. The lowest BCUT2D eigenvalue weighted by atomic mass is 10.1. The largest absolute Gasteiger partial charge is 0.409 e. The lowest BCUT2D eigenvalue weighted by Crippen LogP contribution is -2.21. The number of amidine groups is 1. The molecule has 1 aromatic rings. The van der Waals surface area contributed by atoms with Crippen molar-refractivity contribution < 1.29 is 27.6 Å². The van der Waals surface area contributed by atoms with Crippen molar-refractivity contribution in [1.82, 2.24) is 0 Å². The zero-order chi connectivity index (χ0) is 15.3. The summed E-state index contributed by atoms with van der Waals surface area (Å²) in [5, 5.41) is 13.2. The van der Waals surface area contributed by atoms with Gasteiger partial charge in [0.05, 0.1) is 17.7 Å². The van der Waals surface area contributed by atoms with Crippen molar-refractivity contribution in [1.29, 1.82) is 0 Å². The zero-order valence-corrected chi connectivity index (χ0v) is 10.0. The van der Waals surface area contributed by atoms with E-state index < -0.39 is 42.1 Å². The predicted octanol–water partition coefficient (Wildman–Crippen LogP) is 2.20. The lowest BCUT2D eigenvalue weighted by molar-refractivity contribution is -0.142. The summed E-state index contributed by atoms with van der Waals surface area (Å²) in [6, 6.07) is 3.45. The third-order valence-electron chi connectivity index (χ3n) is 2.29. The number of carbonyl (C=O) groups excluding carboxylic acids is 1. The van der Waals surface area contributed by atoms with E-state index in [1.54, 1.807) is 0 Å². The number of oxime groups is 1. The van der Waals surface area contributed by atoms with Crippen LogP contribution < -0.4 is 11.1 Å². The van der Waals surface area contributed by atoms with E-state index in [0.29, 0.717) is 0 Å². The Morgan fingerprint density at radius 1 is 1.40 bits per heavy atom. The summed E-state index contributed by atoms with van der Waals surface area (Å²) in [5.41, 5.74) is 4.68. The third kappa shape index (κ3) is 4.41. The van der Waals surface area contributed by atoms with Gasteiger partial charge in [-0.05, 0) is 12.1 Å². The fraction of sp³-hybridized carbons (Fsp3) is 0.273. The Labute approximate surface area is 111 Å². The first-order chi connectivity index (χ1) is 9.24. The second kappa shape index (κ2) is 6.22. The standard InChI is InChI=1S/C11H11F4N3O2/c12-6-2-1-3-7(9(6)10(16)18-20)17-8(19)4-5-11(13,14)15/h1-3,20H,4-5H2,(H2,16,18)(H,17,19). The summed E-state index contributed by atoms with van der Waals surface area (Å²) in [6.07, 6.45) is -6.57. The van der Waals surface area contributed by atoms with E-state index in [1.807, 2.05) is 0 Å². The Morgan fingerprint density at radius 2 is 2.05 bits per heavy atom. The van der Waals surface area contributed by atoms with Gasteiger partial charge in [0.2, 0.25) is 5.91 Å². The molecule has 110 valence electrons. The highest BCUT2D eigenvalue weighted by atomic mass is 19.4. The van der Waals surface area contributed by atoms with Crippen LogP contribution in [-0.4, -0.2) is 23.1 Å².